The smallest absolute Gasteiger partial charge is 0.252 e. The number of piperidine rings is 1. The van der Waals surface area contributed by atoms with E-state index in [0.717, 1.165) is 47.6 Å². The molecule has 2 heterocycles. The Kier molecular flexibility index (Phi) is 5.43. The van der Waals surface area contributed by atoms with Gasteiger partial charge in [0.2, 0.25) is 5.95 Å². The average Bonchev–Trinajstić information content (AvgIpc) is 2.61. The van der Waals surface area contributed by atoms with Gasteiger partial charge in [0.1, 0.15) is 0 Å². The van der Waals surface area contributed by atoms with Gasteiger partial charge >= 0.3 is 0 Å². The van der Waals surface area contributed by atoms with Gasteiger partial charge < -0.3 is 10.2 Å². The van der Waals surface area contributed by atoms with Crippen LogP contribution in [-0.4, -0.2) is 35.5 Å². The van der Waals surface area contributed by atoms with Crippen molar-refractivity contribution in [3.05, 3.63) is 51.9 Å². The summed E-state index contributed by atoms with van der Waals surface area (Å²) in [7, 11) is 0. The number of amides is 1. The quantitative estimate of drug-likeness (QED) is 0.771. The normalized spacial score (nSPS) is 15.4. The lowest BCUT2D eigenvalue weighted by Crippen LogP contribution is -2.39. The van der Waals surface area contributed by atoms with Crippen LogP contribution in [0, 0.1) is 9.49 Å². The van der Waals surface area contributed by atoms with Gasteiger partial charge in [0, 0.05) is 35.6 Å². The molecule has 0 bridgehead atoms. The van der Waals surface area contributed by atoms with Crippen molar-refractivity contribution in [1.29, 1.82) is 0 Å². The SMILES string of the molecule is O=C(NCC1CCN(c2ncccn2)CC1)c1ccccc1I. The molecular formula is C17H19IN4O. The molecule has 6 heteroatoms. The number of anilines is 1. The van der Waals surface area contributed by atoms with Crippen LogP contribution in [0.4, 0.5) is 5.95 Å². The van der Waals surface area contributed by atoms with E-state index in [1.54, 1.807) is 12.4 Å². The number of rotatable bonds is 4. The minimum absolute atomic E-state index is 0.0174. The summed E-state index contributed by atoms with van der Waals surface area (Å²) in [5.74, 6) is 1.33. The third-order valence-electron chi connectivity index (χ3n) is 4.12. The minimum Gasteiger partial charge on any atom is -0.352 e. The van der Waals surface area contributed by atoms with Crippen LogP contribution in [0.25, 0.3) is 0 Å². The van der Waals surface area contributed by atoms with Gasteiger partial charge in [0.15, 0.2) is 0 Å². The Morgan fingerprint density at radius 1 is 1.17 bits per heavy atom. The van der Waals surface area contributed by atoms with Gasteiger partial charge in [-0.25, -0.2) is 9.97 Å². The molecule has 3 rings (SSSR count). The predicted molar refractivity (Wildman–Crippen MR) is 98.5 cm³/mol. The Morgan fingerprint density at radius 3 is 2.57 bits per heavy atom. The van der Waals surface area contributed by atoms with Gasteiger partial charge in [-0.15, -0.1) is 0 Å². The lowest BCUT2D eigenvalue weighted by Gasteiger charge is -2.31. The lowest BCUT2D eigenvalue weighted by atomic mass is 9.97. The fourth-order valence-electron chi connectivity index (χ4n) is 2.77. The van der Waals surface area contributed by atoms with E-state index >= 15 is 0 Å². The van der Waals surface area contributed by atoms with Crippen molar-refractivity contribution in [2.75, 3.05) is 24.5 Å². The summed E-state index contributed by atoms with van der Waals surface area (Å²) < 4.78 is 0.985. The summed E-state index contributed by atoms with van der Waals surface area (Å²) in [6, 6.07) is 9.49. The van der Waals surface area contributed by atoms with Crippen molar-refractivity contribution in [2.24, 2.45) is 5.92 Å². The van der Waals surface area contributed by atoms with Crippen molar-refractivity contribution < 1.29 is 4.79 Å². The van der Waals surface area contributed by atoms with Crippen molar-refractivity contribution in [3.8, 4) is 0 Å². The zero-order chi connectivity index (χ0) is 16.1. The van der Waals surface area contributed by atoms with Gasteiger partial charge in [-0.2, -0.15) is 0 Å². The van der Waals surface area contributed by atoms with E-state index in [1.807, 2.05) is 30.3 Å². The number of nitrogens with zero attached hydrogens (tertiary/aromatic N) is 3. The van der Waals surface area contributed by atoms with Crippen LogP contribution in [-0.2, 0) is 0 Å². The highest BCUT2D eigenvalue weighted by molar-refractivity contribution is 14.1. The number of hydrogen-bond acceptors (Lipinski definition) is 4. The largest absolute Gasteiger partial charge is 0.352 e. The molecule has 0 radical (unpaired) electrons. The van der Waals surface area contributed by atoms with Gasteiger partial charge in [-0.1, -0.05) is 12.1 Å². The third-order valence-corrected chi connectivity index (χ3v) is 5.06. The molecule has 1 aromatic carbocycles. The van der Waals surface area contributed by atoms with E-state index < -0.39 is 0 Å². The maximum atomic E-state index is 12.2. The Morgan fingerprint density at radius 2 is 1.87 bits per heavy atom. The van der Waals surface area contributed by atoms with Crippen LogP contribution < -0.4 is 10.2 Å². The van der Waals surface area contributed by atoms with Gasteiger partial charge in [-0.05, 0) is 59.5 Å². The minimum atomic E-state index is 0.0174. The fourth-order valence-corrected chi connectivity index (χ4v) is 3.40. The predicted octanol–water partition coefficient (Wildman–Crippen LogP) is 2.73. The van der Waals surface area contributed by atoms with E-state index in [-0.39, 0.29) is 5.91 Å². The molecule has 1 aliphatic rings. The number of halogens is 1. The molecule has 1 N–H and O–H groups in total. The highest BCUT2D eigenvalue weighted by Crippen LogP contribution is 2.20. The first-order chi connectivity index (χ1) is 11.2. The number of aromatic nitrogens is 2. The van der Waals surface area contributed by atoms with E-state index in [1.165, 1.54) is 0 Å². The number of carbonyl (C=O) groups is 1. The monoisotopic (exact) mass is 422 g/mol. The summed E-state index contributed by atoms with van der Waals surface area (Å²) in [5.41, 5.74) is 0.753. The Balaban J connectivity index is 1.48. The van der Waals surface area contributed by atoms with Crippen LogP contribution in [0.2, 0.25) is 0 Å². The molecule has 5 nitrogen and oxygen atoms in total. The molecule has 0 atom stereocenters. The zero-order valence-electron chi connectivity index (χ0n) is 12.8. The summed E-state index contributed by atoms with van der Waals surface area (Å²) in [5, 5.41) is 3.07. The molecule has 1 aliphatic heterocycles. The van der Waals surface area contributed by atoms with Crippen LogP contribution in [0.3, 0.4) is 0 Å². The summed E-state index contributed by atoms with van der Waals surface area (Å²) in [6.45, 7) is 2.61. The van der Waals surface area contributed by atoms with Crippen molar-refractivity contribution >= 4 is 34.4 Å². The van der Waals surface area contributed by atoms with E-state index in [2.05, 4.69) is 42.8 Å². The molecular weight excluding hydrogens is 403 g/mol. The second kappa shape index (κ2) is 7.72. The molecule has 0 aliphatic carbocycles. The summed E-state index contributed by atoms with van der Waals surface area (Å²) >= 11 is 2.20. The molecule has 0 spiro atoms. The zero-order valence-corrected chi connectivity index (χ0v) is 14.9. The second-order valence-electron chi connectivity index (χ2n) is 5.67. The first-order valence-corrected chi connectivity index (χ1v) is 8.86. The first-order valence-electron chi connectivity index (χ1n) is 7.79. The van der Waals surface area contributed by atoms with Crippen molar-refractivity contribution in [1.82, 2.24) is 15.3 Å². The lowest BCUT2D eigenvalue weighted by molar-refractivity contribution is 0.0944. The van der Waals surface area contributed by atoms with Crippen LogP contribution in [0.1, 0.15) is 23.2 Å². The molecule has 0 saturated carbocycles. The van der Waals surface area contributed by atoms with Crippen LogP contribution in [0.5, 0.6) is 0 Å². The van der Waals surface area contributed by atoms with Gasteiger partial charge in [-0.3, -0.25) is 4.79 Å². The highest BCUT2D eigenvalue weighted by atomic mass is 127. The van der Waals surface area contributed by atoms with E-state index in [9.17, 15) is 4.79 Å². The molecule has 120 valence electrons. The maximum Gasteiger partial charge on any atom is 0.252 e. The first kappa shape index (κ1) is 16.2. The molecule has 1 aromatic heterocycles. The number of hydrogen-bond donors (Lipinski definition) is 1. The highest BCUT2D eigenvalue weighted by Gasteiger charge is 2.21. The second-order valence-corrected chi connectivity index (χ2v) is 6.83. The molecule has 23 heavy (non-hydrogen) atoms. The Bertz CT molecular complexity index is 657. The summed E-state index contributed by atoms with van der Waals surface area (Å²) in [4.78, 5) is 23.0. The Labute approximate surface area is 149 Å². The third kappa shape index (κ3) is 4.19. The molecule has 1 saturated heterocycles. The topological polar surface area (TPSA) is 58.1 Å². The maximum absolute atomic E-state index is 12.2. The fraction of sp³-hybridized carbons (Fsp3) is 0.353. The van der Waals surface area contributed by atoms with Gasteiger partial charge in [0.05, 0.1) is 5.56 Å². The van der Waals surface area contributed by atoms with Crippen molar-refractivity contribution in [2.45, 2.75) is 12.8 Å². The van der Waals surface area contributed by atoms with Crippen LogP contribution >= 0.6 is 22.6 Å². The van der Waals surface area contributed by atoms with Crippen LogP contribution in [0.15, 0.2) is 42.7 Å². The molecule has 0 unspecified atom stereocenters. The van der Waals surface area contributed by atoms with Gasteiger partial charge in [0.25, 0.3) is 5.91 Å². The average molecular weight is 422 g/mol. The van der Waals surface area contributed by atoms with E-state index in [4.69, 9.17) is 0 Å². The number of nitrogens with one attached hydrogen (secondary N) is 1. The molecule has 1 fully saturated rings. The van der Waals surface area contributed by atoms with Crippen molar-refractivity contribution in [3.63, 3.8) is 0 Å². The standard InChI is InChI=1S/C17H19IN4O/c18-15-5-2-1-4-14(15)16(23)21-12-13-6-10-22(11-7-13)17-19-8-3-9-20-17/h1-5,8-9,13H,6-7,10-12H2,(H,21,23). The number of carbonyl (C=O) groups excluding carboxylic acids is 1. The number of benzene rings is 1. The summed E-state index contributed by atoms with van der Waals surface area (Å²) in [6.07, 6.45) is 5.64. The molecule has 2 aromatic rings. The Hall–Kier alpha value is -1.70. The molecule has 1 amide bonds. The van der Waals surface area contributed by atoms with E-state index in [0.29, 0.717) is 5.92 Å².